The number of fused-ring (bicyclic) bond motifs is 2. The van der Waals surface area contributed by atoms with E-state index in [0.717, 1.165) is 43.8 Å². The van der Waals surface area contributed by atoms with Gasteiger partial charge in [-0.05, 0) is 142 Å². The summed E-state index contributed by atoms with van der Waals surface area (Å²) in [6.07, 6.45) is 0. The first-order valence-electron chi connectivity index (χ1n) is 20.6. The van der Waals surface area contributed by atoms with Gasteiger partial charge in [-0.15, -0.1) is 0 Å². The second kappa shape index (κ2) is 14.1. The highest BCUT2D eigenvalue weighted by Crippen LogP contribution is 2.53. The molecule has 0 heterocycles. The number of hydrogen-bond acceptors (Lipinski definition) is 4. The monoisotopic (exact) mass is 790 g/mol. The van der Waals surface area contributed by atoms with Gasteiger partial charge in [0.2, 0.25) is 0 Å². The number of benzene rings is 5. The highest BCUT2D eigenvalue weighted by atomic mass is 31.2. The summed E-state index contributed by atoms with van der Waals surface area (Å²) in [5, 5.41) is 4.41. The largest absolute Gasteiger partial charge is 0.441 e. The molecule has 0 saturated heterocycles. The number of ketones is 1. The van der Waals surface area contributed by atoms with Gasteiger partial charge in [0.05, 0.1) is 0 Å². The smallest absolute Gasteiger partial charge is 0.294 e. The second-order valence-corrected chi connectivity index (χ2v) is 24.4. The van der Waals surface area contributed by atoms with Crippen LogP contribution in [0.4, 0.5) is 0 Å². The molecule has 5 rings (SSSR count). The van der Waals surface area contributed by atoms with Crippen LogP contribution in [0, 0.1) is 0 Å². The van der Waals surface area contributed by atoms with Crippen LogP contribution < -0.4 is 5.30 Å². The molecule has 0 fully saturated rings. The Morgan fingerprint density at radius 3 is 1.09 bits per heavy atom. The molecule has 5 heteroatoms. The Labute approximate surface area is 344 Å². The molecule has 5 aromatic rings. The van der Waals surface area contributed by atoms with E-state index in [9.17, 15) is 19.5 Å². The fraction of sp³-hybridized carbons (Fsp3) is 0.481. The summed E-state index contributed by atoms with van der Waals surface area (Å²) in [5.41, 5.74) is 8.71. The van der Waals surface area contributed by atoms with E-state index in [4.69, 9.17) is 0 Å². The normalized spacial score (nSPS) is 13.9. The Kier molecular flexibility index (Phi) is 11.1. The van der Waals surface area contributed by atoms with E-state index >= 15 is 0 Å². The van der Waals surface area contributed by atoms with Crippen LogP contribution in [0.3, 0.4) is 0 Å². The van der Waals surface area contributed by atoms with Crippen LogP contribution in [-0.4, -0.2) is 20.5 Å². The molecule has 0 aromatic heterocycles. The van der Waals surface area contributed by atoms with Crippen LogP contribution in [0.1, 0.15) is 175 Å². The Morgan fingerprint density at radius 1 is 0.439 bits per heavy atom. The van der Waals surface area contributed by atoms with Crippen LogP contribution in [0.2, 0.25) is 0 Å². The van der Waals surface area contributed by atoms with Crippen molar-refractivity contribution < 1.29 is 19.5 Å². The lowest BCUT2D eigenvalue weighted by Crippen LogP contribution is -2.22. The fourth-order valence-electron chi connectivity index (χ4n) is 8.27. The van der Waals surface area contributed by atoms with Gasteiger partial charge in [-0.1, -0.05) is 149 Å². The van der Waals surface area contributed by atoms with Crippen LogP contribution in [0.25, 0.3) is 43.8 Å². The number of carbonyl (C=O) groups excluding carboxylic acids is 1. The van der Waals surface area contributed by atoms with Gasteiger partial charge in [0.25, 0.3) is 0 Å². The predicted octanol–water partition coefficient (Wildman–Crippen LogP) is 13.7. The van der Waals surface area contributed by atoms with Gasteiger partial charge >= 0.3 is 7.94 Å². The molecule has 0 spiro atoms. The Bertz CT molecular complexity index is 2400. The van der Waals surface area contributed by atoms with Crippen LogP contribution in [0.15, 0.2) is 60.7 Å². The summed E-state index contributed by atoms with van der Waals surface area (Å²) in [7, 11) is -4.65. The lowest BCUT2D eigenvalue weighted by molar-refractivity contribution is 0.101. The minimum absolute atomic E-state index is 0.0371. The molecule has 4 nitrogen and oxygen atoms in total. The molecule has 0 saturated carbocycles. The zero-order chi connectivity index (χ0) is 43.4. The molecule has 57 heavy (non-hydrogen) atoms. The third kappa shape index (κ3) is 8.82. The quantitative estimate of drug-likeness (QED) is 0.125. The van der Waals surface area contributed by atoms with E-state index in [1.165, 1.54) is 22.3 Å². The van der Waals surface area contributed by atoms with E-state index in [1.54, 1.807) is 19.1 Å². The minimum atomic E-state index is -4.65. The van der Waals surface area contributed by atoms with Gasteiger partial charge in [-0.3, -0.25) is 4.79 Å². The summed E-state index contributed by atoms with van der Waals surface area (Å²) in [6, 6.07) is 21.4. The molecule has 5 aromatic carbocycles. The highest BCUT2D eigenvalue weighted by molar-refractivity contribution is 7.67. The zero-order valence-corrected chi connectivity index (χ0v) is 39.4. The minimum Gasteiger partial charge on any atom is -0.294 e. The van der Waals surface area contributed by atoms with Gasteiger partial charge in [0.1, 0.15) is 0 Å². The molecular formula is C52H70O4P+. The number of rotatable bonds is 4. The maximum atomic E-state index is 14.0. The summed E-state index contributed by atoms with van der Waals surface area (Å²) >= 11 is 0. The molecule has 0 bridgehead atoms. The molecule has 0 atom stereocenters. The lowest BCUT2D eigenvalue weighted by Gasteiger charge is -2.32. The zero-order valence-electron chi connectivity index (χ0n) is 38.5. The first kappa shape index (κ1) is 44.7. The molecule has 3 N–H and O–H groups in total. The van der Waals surface area contributed by atoms with Crippen molar-refractivity contribution in [3.63, 3.8) is 0 Å². The Hall–Kier alpha value is -3.40. The topological polar surface area (TPSA) is 77.8 Å². The van der Waals surface area contributed by atoms with Crippen molar-refractivity contribution in [3.8, 4) is 22.3 Å². The molecule has 0 unspecified atom stereocenters. The summed E-state index contributed by atoms with van der Waals surface area (Å²) in [4.78, 5) is 48.4. The molecule has 0 radical (unpaired) electrons. The standard InChI is InChI=1S/C52H70O4P/c1-30(53)35-20-21-44(57(54,55)56)46(39-29-37-32(25-41(39)50(11,12)13)23-34(48(5,6)7)27-43(37)52(17,18)19)45(35)38-28-36-31(24-40(38)49(8,9)10)22-33(47(2,3)4)26-42(36)51(14,15)16/h20-29,54-56H,1-19H3/q+1. The van der Waals surface area contributed by atoms with E-state index in [0.29, 0.717) is 16.7 Å². The van der Waals surface area contributed by atoms with Gasteiger partial charge in [0.15, 0.2) is 11.1 Å². The van der Waals surface area contributed by atoms with Gasteiger partial charge < -0.3 is 0 Å². The first-order chi connectivity index (χ1) is 25.5. The van der Waals surface area contributed by atoms with E-state index in [-0.39, 0.29) is 38.2 Å². The maximum absolute atomic E-state index is 14.0. The van der Waals surface area contributed by atoms with Gasteiger partial charge in [0, 0.05) is 16.7 Å². The number of hydrogen-bond donors (Lipinski definition) is 3. The van der Waals surface area contributed by atoms with Crippen LogP contribution in [0.5, 0.6) is 0 Å². The van der Waals surface area contributed by atoms with Crippen LogP contribution in [-0.2, 0) is 32.5 Å². The van der Waals surface area contributed by atoms with Crippen molar-refractivity contribution in [2.24, 2.45) is 0 Å². The second-order valence-electron chi connectivity index (χ2n) is 22.8. The summed E-state index contributed by atoms with van der Waals surface area (Å²) in [6.45, 7) is 41.5. The fourth-order valence-corrected chi connectivity index (χ4v) is 9.08. The van der Waals surface area contributed by atoms with Crippen molar-refractivity contribution in [2.45, 2.75) is 164 Å². The predicted molar refractivity (Wildman–Crippen MR) is 248 cm³/mol. The van der Waals surface area contributed by atoms with Crippen molar-refractivity contribution in [1.82, 2.24) is 0 Å². The van der Waals surface area contributed by atoms with Crippen molar-refractivity contribution in [1.29, 1.82) is 0 Å². The average molecular weight is 790 g/mol. The Morgan fingerprint density at radius 2 is 0.789 bits per heavy atom. The van der Waals surface area contributed by atoms with Gasteiger partial charge in [-0.2, -0.15) is 14.7 Å². The maximum Gasteiger partial charge on any atom is 0.441 e. The summed E-state index contributed by atoms with van der Waals surface area (Å²) < 4.78 is 0. The van der Waals surface area contributed by atoms with Crippen molar-refractivity contribution in [2.75, 3.05) is 0 Å². The highest BCUT2D eigenvalue weighted by Gasteiger charge is 2.42. The van der Waals surface area contributed by atoms with Crippen molar-refractivity contribution in [3.05, 3.63) is 99.6 Å². The number of carbonyl (C=O) groups is 1. The van der Waals surface area contributed by atoms with Crippen molar-refractivity contribution >= 4 is 40.6 Å². The van der Waals surface area contributed by atoms with E-state index in [1.807, 2.05) is 0 Å². The SMILES string of the molecule is CC(=O)c1ccc([P+](O)(O)O)c(-c2cc3c(C(C)(C)C)cc(C(C)(C)C)cc3cc2C(C)(C)C)c1-c1cc2c(C(C)(C)C)cc(C(C)(C)C)cc2cc1C(C)(C)C. The molecule has 0 aliphatic rings. The molecule has 306 valence electrons. The van der Waals surface area contributed by atoms with E-state index in [2.05, 4.69) is 173 Å². The number of Topliss-reactive ketones (excluding diaryl/α,β-unsaturated/α-hetero) is 1. The third-order valence-electron chi connectivity index (χ3n) is 11.6. The molecular weight excluding hydrogens is 720 g/mol. The molecule has 0 aliphatic carbocycles. The lowest BCUT2D eigenvalue weighted by atomic mass is 9.72. The van der Waals surface area contributed by atoms with Gasteiger partial charge in [-0.25, -0.2) is 0 Å². The third-order valence-corrected chi connectivity index (χ3v) is 12.6. The first-order valence-corrected chi connectivity index (χ1v) is 22.2. The average Bonchev–Trinajstić information content (AvgIpc) is 3.02. The van der Waals surface area contributed by atoms with E-state index < -0.39 is 13.4 Å². The molecule has 0 aliphatic heterocycles. The Balaban J connectivity index is 2.16. The van der Waals surface area contributed by atoms with Crippen LogP contribution >= 0.6 is 7.94 Å². The summed E-state index contributed by atoms with van der Waals surface area (Å²) in [5.74, 6) is -0.141. The molecule has 0 amide bonds.